The number of unbranched alkanes of at least 4 members (excludes halogenated alkanes) is 1. The van der Waals surface area contributed by atoms with Gasteiger partial charge in [0.05, 0.1) is 0 Å². The maximum Gasteiger partial charge on any atom is 0.344 e. The van der Waals surface area contributed by atoms with E-state index in [-0.39, 0.29) is 12.1 Å². The molecule has 1 saturated carbocycles. The Labute approximate surface area is 250 Å². The predicted molar refractivity (Wildman–Crippen MR) is 166 cm³/mol. The summed E-state index contributed by atoms with van der Waals surface area (Å²) >= 11 is 0. The van der Waals surface area contributed by atoms with Crippen LogP contribution in [0.5, 0.6) is 5.75 Å². The minimum absolute atomic E-state index is 0.0759. The summed E-state index contributed by atoms with van der Waals surface area (Å²) in [5.74, 6) is 5.98. The number of carboxylic acids is 1. The molecule has 3 aromatic carbocycles. The third-order valence-electron chi connectivity index (χ3n) is 7.63. The first-order valence-electron chi connectivity index (χ1n) is 15.1. The fourth-order valence-corrected chi connectivity index (χ4v) is 5.05. The van der Waals surface area contributed by atoms with E-state index in [9.17, 15) is 9.59 Å². The van der Waals surface area contributed by atoms with E-state index in [0.29, 0.717) is 18.8 Å². The van der Waals surface area contributed by atoms with Gasteiger partial charge in [0.2, 0.25) is 0 Å². The van der Waals surface area contributed by atoms with Gasteiger partial charge in [-0.2, -0.15) is 0 Å². The molecule has 2 N–H and O–H groups in total. The Morgan fingerprint density at radius 3 is 1.90 bits per heavy atom. The Hall–Kier alpha value is -4.24. The van der Waals surface area contributed by atoms with Crippen molar-refractivity contribution in [2.45, 2.75) is 90.4 Å². The maximum atomic E-state index is 13.4. The molecule has 0 aromatic heterocycles. The smallest absolute Gasteiger partial charge is 0.344 e. The highest BCUT2D eigenvalue weighted by Gasteiger charge is 2.21. The quantitative estimate of drug-likeness (QED) is 0.238. The summed E-state index contributed by atoms with van der Waals surface area (Å²) in [6.07, 6.45) is 8.11. The normalized spacial score (nSPS) is 13.9. The molecule has 3 aromatic rings. The second-order valence-electron chi connectivity index (χ2n) is 11.1. The van der Waals surface area contributed by atoms with Crippen molar-refractivity contribution in [1.29, 1.82) is 0 Å². The molecule has 1 aliphatic carbocycles. The lowest BCUT2D eigenvalue weighted by molar-refractivity contribution is -0.144. The summed E-state index contributed by atoms with van der Waals surface area (Å²) < 4.78 is 5.45. The number of rotatable bonds is 11. The highest BCUT2D eigenvalue weighted by atomic mass is 16.5. The summed E-state index contributed by atoms with van der Waals surface area (Å²) in [7, 11) is 0. The second-order valence-corrected chi connectivity index (χ2v) is 11.1. The largest absolute Gasteiger partial charge is 0.479 e. The number of benzene rings is 3. The number of amides is 2. The Balaban J connectivity index is 1.42. The van der Waals surface area contributed by atoms with Crippen molar-refractivity contribution in [3.8, 4) is 17.6 Å². The molecular formula is C36H42N2O4. The molecule has 0 radical (unpaired) electrons. The number of hydrogen-bond donors (Lipinski definition) is 2. The number of nitrogens with one attached hydrogen (secondary N) is 1. The van der Waals surface area contributed by atoms with E-state index in [4.69, 9.17) is 9.84 Å². The number of nitrogens with zero attached hydrogens (tertiary/aromatic N) is 1. The van der Waals surface area contributed by atoms with Crippen LogP contribution in [-0.4, -0.2) is 34.2 Å². The van der Waals surface area contributed by atoms with Gasteiger partial charge in [-0.05, 0) is 85.7 Å². The van der Waals surface area contributed by atoms with Gasteiger partial charge < -0.3 is 20.1 Å². The summed E-state index contributed by atoms with van der Waals surface area (Å²) in [5, 5.41) is 12.4. The fraction of sp³-hybridized carbons (Fsp3) is 0.389. The van der Waals surface area contributed by atoms with Crippen LogP contribution in [0.15, 0.2) is 72.8 Å². The van der Waals surface area contributed by atoms with E-state index < -0.39 is 12.1 Å². The van der Waals surface area contributed by atoms with E-state index in [2.05, 4.69) is 48.3 Å². The van der Waals surface area contributed by atoms with Gasteiger partial charge in [-0.25, -0.2) is 9.59 Å². The second kappa shape index (κ2) is 15.7. The lowest BCUT2D eigenvalue weighted by Crippen LogP contribution is -2.44. The van der Waals surface area contributed by atoms with Crippen molar-refractivity contribution >= 4 is 12.0 Å². The highest BCUT2D eigenvalue weighted by Crippen LogP contribution is 2.20. The minimum Gasteiger partial charge on any atom is -0.479 e. The van der Waals surface area contributed by atoms with Crippen LogP contribution in [0.3, 0.4) is 0 Å². The molecular weight excluding hydrogens is 524 g/mol. The van der Waals surface area contributed by atoms with E-state index in [0.717, 1.165) is 54.4 Å². The highest BCUT2D eigenvalue weighted by molar-refractivity contribution is 5.74. The average molecular weight is 567 g/mol. The van der Waals surface area contributed by atoms with Gasteiger partial charge in [-0.1, -0.05) is 80.8 Å². The van der Waals surface area contributed by atoms with E-state index >= 15 is 0 Å². The molecule has 0 spiro atoms. The minimum atomic E-state index is -1.02. The molecule has 0 heterocycles. The van der Waals surface area contributed by atoms with Crippen LogP contribution in [0.2, 0.25) is 0 Å². The van der Waals surface area contributed by atoms with Crippen LogP contribution in [0.1, 0.15) is 86.6 Å². The molecule has 1 unspecified atom stereocenters. The fourth-order valence-electron chi connectivity index (χ4n) is 5.05. The van der Waals surface area contributed by atoms with Gasteiger partial charge in [-0.15, -0.1) is 0 Å². The van der Waals surface area contributed by atoms with Gasteiger partial charge >= 0.3 is 12.0 Å². The Morgan fingerprint density at radius 1 is 0.857 bits per heavy atom. The summed E-state index contributed by atoms with van der Waals surface area (Å²) in [6, 6.07) is 23.9. The van der Waals surface area contributed by atoms with Crippen molar-refractivity contribution in [2.75, 3.05) is 0 Å². The third-order valence-corrected chi connectivity index (χ3v) is 7.63. The topological polar surface area (TPSA) is 78.9 Å². The maximum absolute atomic E-state index is 13.4. The van der Waals surface area contributed by atoms with Crippen LogP contribution in [0.25, 0.3) is 0 Å². The first-order chi connectivity index (χ1) is 20.4. The van der Waals surface area contributed by atoms with Crippen molar-refractivity contribution < 1.29 is 19.4 Å². The number of aliphatic carboxylic acids is 1. The first kappa shape index (κ1) is 30.7. The van der Waals surface area contributed by atoms with Crippen molar-refractivity contribution in [2.24, 2.45) is 0 Å². The predicted octanol–water partition coefficient (Wildman–Crippen LogP) is 7.33. The zero-order valence-electron chi connectivity index (χ0n) is 24.8. The number of carbonyl (C=O) groups is 2. The van der Waals surface area contributed by atoms with E-state index in [1.807, 2.05) is 41.3 Å². The third kappa shape index (κ3) is 9.69. The monoisotopic (exact) mass is 566 g/mol. The van der Waals surface area contributed by atoms with Gasteiger partial charge in [0, 0.05) is 30.3 Å². The Morgan fingerprint density at radius 2 is 1.38 bits per heavy atom. The number of carboxylic acid groups (broad SMARTS) is 1. The SMILES string of the molecule is CCCCc1ccc(C#Cc2ccc(CN(Cc3ccc(OC(C)C(=O)O)cc3)C(=O)NC3CCCCC3)cc2)cc1. The molecule has 42 heavy (non-hydrogen) atoms. The molecule has 0 bridgehead atoms. The summed E-state index contributed by atoms with van der Waals surface area (Å²) in [5.41, 5.74) is 5.24. The molecule has 1 fully saturated rings. The van der Waals surface area contributed by atoms with Crippen LogP contribution in [-0.2, 0) is 24.3 Å². The number of ether oxygens (including phenoxy) is 1. The number of urea groups is 1. The molecule has 220 valence electrons. The Kier molecular flexibility index (Phi) is 11.5. The number of carbonyl (C=O) groups excluding carboxylic acids is 1. The average Bonchev–Trinajstić information content (AvgIpc) is 3.01. The van der Waals surface area contributed by atoms with E-state index in [1.54, 1.807) is 12.1 Å². The van der Waals surface area contributed by atoms with Crippen molar-refractivity contribution in [1.82, 2.24) is 10.2 Å². The molecule has 1 aliphatic rings. The molecule has 6 nitrogen and oxygen atoms in total. The van der Waals surface area contributed by atoms with Crippen LogP contribution in [0, 0.1) is 11.8 Å². The molecule has 0 aliphatic heterocycles. The molecule has 4 rings (SSSR count). The van der Waals surface area contributed by atoms with E-state index in [1.165, 1.54) is 31.7 Å². The zero-order chi connectivity index (χ0) is 29.7. The molecule has 0 saturated heterocycles. The van der Waals surface area contributed by atoms with Crippen LogP contribution < -0.4 is 10.1 Å². The van der Waals surface area contributed by atoms with Crippen LogP contribution >= 0.6 is 0 Å². The number of hydrogen-bond acceptors (Lipinski definition) is 3. The van der Waals surface area contributed by atoms with Gasteiger partial charge in [0.25, 0.3) is 0 Å². The molecule has 2 amide bonds. The summed E-state index contributed by atoms with van der Waals surface area (Å²) in [4.78, 5) is 26.4. The van der Waals surface area contributed by atoms with Crippen molar-refractivity contribution in [3.05, 3.63) is 101 Å². The lowest BCUT2D eigenvalue weighted by Gasteiger charge is -2.28. The van der Waals surface area contributed by atoms with Gasteiger partial charge in [0.1, 0.15) is 5.75 Å². The van der Waals surface area contributed by atoms with Crippen molar-refractivity contribution in [3.63, 3.8) is 0 Å². The van der Waals surface area contributed by atoms with Gasteiger partial charge in [-0.3, -0.25) is 0 Å². The van der Waals surface area contributed by atoms with Crippen LogP contribution in [0.4, 0.5) is 4.79 Å². The lowest BCUT2D eigenvalue weighted by atomic mass is 9.96. The molecule has 6 heteroatoms. The first-order valence-corrected chi connectivity index (χ1v) is 15.1. The van der Waals surface area contributed by atoms with Gasteiger partial charge in [0.15, 0.2) is 6.10 Å². The summed E-state index contributed by atoms with van der Waals surface area (Å²) in [6.45, 7) is 4.58. The number of aryl methyl sites for hydroxylation is 1. The standard InChI is InChI=1S/C36H42N2O4/c1-3-4-8-28-11-13-29(14-12-28)15-16-30-17-19-31(20-18-30)25-38(36(41)37-33-9-6-5-7-10-33)26-32-21-23-34(24-22-32)42-27(2)35(39)40/h11-14,17-24,27,33H,3-10,25-26H2,1-2H3,(H,37,41)(H,39,40). The Bertz CT molecular complexity index is 1350. The zero-order valence-corrected chi connectivity index (χ0v) is 24.8. The molecule has 1 atom stereocenters.